The molecule has 0 saturated heterocycles. The van der Waals surface area contributed by atoms with E-state index < -0.39 is 0 Å². The van der Waals surface area contributed by atoms with Crippen LogP contribution in [0, 0.1) is 25.2 Å². The third kappa shape index (κ3) is 1.40. The summed E-state index contributed by atoms with van der Waals surface area (Å²) in [7, 11) is 0. The van der Waals surface area contributed by atoms with Crippen molar-refractivity contribution in [1.29, 1.82) is 5.26 Å². The van der Waals surface area contributed by atoms with Crippen molar-refractivity contribution in [2.45, 2.75) is 13.8 Å². The van der Waals surface area contributed by atoms with Crippen molar-refractivity contribution < 1.29 is 0 Å². The van der Waals surface area contributed by atoms with Gasteiger partial charge in [-0.1, -0.05) is 0 Å². The van der Waals surface area contributed by atoms with E-state index >= 15 is 0 Å². The van der Waals surface area contributed by atoms with Gasteiger partial charge in [0.15, 0.2) is 0 Å². The Morgan fingerprint density at radius 3 is 2.73 bits per heavy atom. The van der Waals surface area contributed by atoms with E-state index in [9.17, 15) is 0 Å². The molecule has 1 heterocycles. The molecule has 2 rings (SSSR count). The minimum absolute atomic E-state index is 0.657. The molecule has 0 bridgehead atoms. The number of nitrogen functional groups attached to an aromatic ring is 1. The summed E-state index contributed by atoms with van der Waals surface area (Å²) in [5.41, 5.74) is 9.67. The second kappa shape index (κ2) is 3.25. The minimum Gasteiger partial charge on any atom is -0.399 e. The third-order valence-corrected chi connectivity index (χ3v) is 2.61. The van der Waals surface area contributed by atoms with Crippen LogP contribution in [-0.4, -0.2) is 4.98 Å². The van der Waals surface area contributed by atoms with Gasteiger partial charge in [0.25, 0.3) is 0 Å². The van der Waals surface area contributed by atoms with E-state index in [1.165, 1.54) is 0 Å². The SMILES string of the molecule is Cc1nc2ccc(N)cc2c(C#N)c1C. The zero-order chi connectivity index (χ0) is 11.0. The number of aromatic nitrogens is 1. The highest BCUT2D eigenvalue weighted by atomic mass is 14.7. The number of rotatable bonds is 0. The summed E-state index contributed by atoms with van der Waals surface area (Å²) in [6, 6.07) is 7.65. The average Bonchev–Trinajstić information content (AvgIpc) is 2.21. The molecule has 74 valence electrons. The molecule has 0 amide bonds. The fourth-order valence-corrected chi connectivity index (χ4v) is 1.64. The number of aryl methyl sites for hydroxylation is 1. The van der Waals surface area contributed by atoms with Gasteiger partial charge >= 0.3 is 0 Å². The van der Waals surface area contributed by atoms with Gasteiger partial charge in [-0.15, -0.1) is 0 Å². The Morgan fingerprint density at radius 1 is 1.33 bits per heavy atom. The maximum atomic E-state index is 9.11. The molecule has 0 fully saturated rings. The van der Waals surface area contributed by atoms with Crippen molar-refractivity contribution in [2.75, 3.05) is 5.73 Å². The van der Waals surface area contributed by atoms with Crippen molar-refractivity contribution in [3.05, 3.63) is 35.0 Å². The Hall–Kier alpha value is -2.08. The number of nitriles is 1. The summed E-state index contributed by atoms with van der Waals surface area (Å²) in [6.07, 6.45) is 0. The standard InChI is InChI=1S/C12H11N3/c1-7-8(2)15-12-4-3-9(14)5-10(12)11(7)6-13/h3-5H,14H2,1-2H3. The summed E-state index contributed by atoms with van der Waals surface area (Å²) in [5.74, 6) is 0. The molecular formula is C12H11N3. The first-order chi connectivity index (χ1) is 7.13. The molecule has 1 aromatic heterocycles. The van der Waals surface area contributed by atoms with Crippen LogP contribution in [0.1, 0.15) is 16.8 Å². The van der Waals surface area contributed by atoms with Crippen LogP contribution in [0.15, 0.2) is 18.2 Å². The molecule has 3 nitrogen and oxygen atoms in total. The lowest BCUT2D eigenvalue weighted by Crippen LogP contribution is -1.95. The molecule has 0 spiro atoms. The summed E-state index contributed by atoms with van der Waals surface area (Å²) >= 11 is 0. The molecule has 0 atom stereocenters. The lowest BCUT2D eigenvalue weighted by Gasteiger charge is -2.06. The maximum absolute atomic E-state index is 9.11. The van der Waals surface area contributed by atoms with Crippen LogP contribution in [0.25, 0.3) is 10.9 Å². The summed E-state index contributed by atoms with van der Waals surface area (Å²) < 4.78 is 0. The molecule has 15 heavy (non-hydrogen) atoms. The molecule has 0 aliphatic heterocycles. The van der Waals surface area contributed by atoms with E-state index in [1.807, 2.05) is 19.9 Å². The van der Waals surface area contributed by atoms with Crippen LogP contribution < -0.4 is 5.73 Å². The first-order valence-corrected chi connectivity index (χ1v) is 4.70. The quantitative estimate of drug-likeness (QED) is 0.659. The van der Waals surface area contributed by atoms with Gasteiger partial charge in [-0.25, -0.2) is 0 Å². The molecule has 0 saturated carbocycles. The number of hydrogen-bond acceptors (Lipinski definition) is 3. The largest absolute Gasteiger partial charge is 0.399 e. The van der Waals surface area contributed by atoms with Gasteiger partial charge in [-0.3, -0.25) is 4.98 Å². The zero-order valence-corrected chi connectivity index (χ0v) is 8.70. The fraction of sp³-hybridized carbons (Fsp3) is 0.167. The topological polar surface area (TPSA) is 62.7 Å². The number of anilines is 1. The fourth-order valence-electron chi connectivity index (χ4n) is 1.64. The van der Waals surface area contributed by atoms with Gasteiger partial charge < -0.3 is 5.73 Å². The molecule has 0 aliphatic rings. The summed E-state index contributed by atoms with van der Waals surface area (Å²) in [4.78, 5) is 4.42. The zero-order valence-electron chi connectivity index (χ0n) is 8.70. The molecule has 3 heteroatoms. The van der Waals surface area contributed by atoms with Crippen LogP contribution >= 0.6 is 0 Å². The van der Waals surface area contributed by atoms with E-state index in [2.05, 4.69) is 11.1 Å². The van der Waals surface area contributed by atoms with Crippen molar-refractivity contribution in [2.24, 2.45) is 0 Å². The number of pyridine rings is 1. The van der Waals surface area contributed by atoms with Gasteiger partial charge in [0.05, 0.1) is 11.1 Å². The van der Waals surface area contributed by atoms with Crippen LogP contribution in [0.2, 0.25) is 0 Å². The number of nitrogens with two attached hydrogens (primary N) is 1. The maximum Gasteiger partial charge on any atom is 0.100 e. The van der Waals surface area contributed by atoms with Crippen LogP contribution in [-0.2, 0) is 0 Å². The van der Waals surface area contributed by atoms with Crippen molar-refractivity contribution >= 4 is 16.6 Å². The monoisotopic (exact) mass is 197 g/mol. The lowest BCUT2D eigenvalue weighted by atomic mass is 10.0. The molecule has 2 N–H and O–H groups in total. The molecule has 2 aromatic rings. The normalized spacial score (nSPS) is 10.2. The first-order valence-electron chi connectivity index (χ1n) is 4.70. The van der Waals surface area contributed by atoms with E-state index in [-0.39, 0.29) is 0 Å². The van der Waals surface area contributed by atoms with Gasteiger partial charge in [-0.05, 0) is 37.6 Å². The van der Waals surface area contributed by atoms with E-state index in [1.54, 1.807) is 12.1 Å². The van der Waals surface area contributed by atoms with E-state index in [4.69, 9.17) is 11.0 Å². The number of hydrogen-bond donors (Lipinski definition) is 1. The first kappa shape index (κ1) is 9.47. The minimum atomic E-state index is 0.657. The van der Waals surface area contributed by atoms with Gasteiger partial charge in [0.2, 0.25) is 0 Å². The summed E-state index contributed by atoms with van der Waals surface area (Å²) in [6.45, 7) is 3.81. The number of nitrogens with zero attached hydrogens (tertiary/aromatic N) is 2. The van der Waals surface area contributed by atoms with Crippen LogP contribution in [0.4, 0.5) is 5.69 Å². The lowest BCUT2D eigenvalue weighted by molar-refractivity contribution is 1.18. The van der Waals surface area contributed by atoms with Crippen LogP contribution in [0.5, 0.6) is 0 Å². The highest BCUT2D eigenvalue weighted by Crippen LogP contribution is 2.23. The van der Waals surface area contributed by atoms with Gasteiger partial charge in [0, 0.05) is 16.8 Å². The number of benzene rings is 1. The second-order valence-corrected chi connectivity index (χ2v) is 3.59. The highest BCUT2D eigenvalue weighted by Gasteiger charge is 2.08. The van der Waals surface area contributed by atoms with Crippen LogP contribution in [0.3, 0.4) is 0 Å². The average molecular weight is 197 g/mol. The van der Waals surface area contributed by atoms with Gasteiger partial charge in [-0.2, -0.15) is 5.26 Å². The Bertz CT molecular complexity index is 579. The third-order valence-electron chi connectivity index (χ3n) is 2.61. The smallest absolute Gasteiger partial charge is 0.100 e. The highest BCUT2D eigenvalue weighted by molar-refractivity contribution is 5.88. The second-order valence-electron chi connectivity index (χ2n) is 3.59. The molecular weight excluding hydrogens is 186 g/mol. The Morgan fingerprint density at radius 2 is 2.07 bits per heavy atom. The Kier molecular flexibility index (Phi) is 2.05. The molecule has 1 aromatic carbocycles. The predicted molar refractivity (Wildman–Crippen MR) is 60.3 cm³/mol. The van der Waals surface area contributed by atoms with Crippen molar-refractivity contribution in [1.82, 2.24) is 4.98 Å². The van der Waals surface area contributed by atoms with E-state index in [0.717, 1.165) is 22.2 Å². The Labute approximate surface area is 88.2 Å². The predicted octanol–water partition coefficient (Wildman–Crippen LogP) is 2.31. The summed E-state index contributed by atoms with van der Waals surface area (Å²) in [5, 5.41) is 9.95. The Balaban J connectivity index is 2.97. The molecule has 0 radical (unpaired) electrons. The van der Waals surface area contributed by atoms with Crippen molar-refractivity contribution in [3.63, 3.8) is 0 Å². The van der Waals surface area contributed by atoms with Crippen molar-refractivity contribution in [3.8, 4) is 6.07 Å². The van der Waals surface area contributed by atoms with Gasteiger partial charge in [0.1, 0.15) is 6.07 Å². The van der Waals surface area contributed by atoms with E-state index in [0.29, 0.717) is 11.3 Å². The molecule has 0 unspecified atom stereocenters. The molecule has 0 aliphatic carbocycles. The number of fused-ring (bicyclic) bond motifs is 1.